The van der Waals surface area contributed by atoms with Crippen molar-refractivity contribution in [3.63, 3.8) is 0 Å². The summed E-state index contributed by atoms with van der Waals surface area (Å²) in [7, 11) is 0. The van der Waals surface area contributed by atoms with Crippen LogP contribution in [-0.4, -0.2) is 57.0 Å². The van der Waals surface area contributed by atoms with Crippen LogP contribution in [0.3, 0.4) is 0 Å². The minimum absolute atomic E-state index is 0.114. The monoisotopic (exact) mass is 514 g/mol. The smallest absolute Gasteiger partial charge is 0.273 e. The predicted octanol–water partition coefficient (Wildman–Crippen LogP) is 4.05. The number of hydrogen-bond donors (Lipinski definition) is 2. The number of rotatable bonds is 8. The van der Waals surface area contributed by atoms with E-state index in [1.165, 1.54) is 0 Å². The zero-order chi connectivity index (χ0) is 26.6. The Balaban J connectivity index is 1.28. The molecule has 9 heteroatoms. The van der Waals surface area contributed by atoms with Gasteiger partial charge in [-0.2, -0.15) is 0 Å². The van der Waals surface area contributed by atoms with Gasteiger partial charge in [0, 0.05) is 37.6 Å². The quantitative estimate of drug-likeness (QED) is 0.467. The van der Waals surface area contributed by atoms with Gasteiger partial charge in [0.15, 0.2) is 0 Å². The third-order valence-corrected chi connectivity index (χ3v) is 7.27. The van der Waals surface area contributed by atoms with Gasteiger partial charge in [0.05, 0.1) is 17.4 Å². The van der Waals surface area contributed by atoms with Crippen LogP contribution >= 0.6 is 0 Å². The summed E-state index contributed by atoms with van der Waals surface area (Å²) in [4.78, 5) is 41.8. The van der Waals surface area contributed by atoms with Gasteiger partial charge in [-0.15, -0.1) is 0 Å². The van der Waals surface area contributed by atoms with E-state index in [4.69, 9.17) is 4.74 Å². The Hall–Kier alpha value is -3.85. The minimum atomic E-state index is -0.631. The van der Waals surface area contributed by atoms with Gasteiger partial charge in [-0.3, -0.25) is 9.59 Å². The number of aryl methyl sites for hydroxylation is 1. The molecule has 1 saturated heterocycles. The lowest BCUT2D eigenvalue weighted by Crippen LogP contribution is -2.46. The SMILES string of the molecule is CC[C@@H](NC(=O)[C@@H](C)N1Cc2ccc(-c3ccnc(NC4CCOCC4)n3)nc2C1=O)c1cccc(C)c1. The third-order valence-electron chi connectivity index (χ3n) is 7.27. The van der Waals surface area contributed by atoms with E-state index in [-0.39, 0.29) is 23.9 Å². The van der Waals surface area contributed by atoms with Crippen LogP contribution in [0.15, 0.2) is 48.7 Å². The van der Waals surface area contributed by atoms with E-state index in [1.807, 2.05) is 44.2 Å². The molecule has 2 aliphatic heterocycles. The Labute approximate surface area is 223 Å². The summed E-state index contributed by atoms with van der Waals surface area (Å²) in [5.41, 5.74) is 4.61. The second-order valence-corrected chi connectivity index (χ2v) is 9.99. The van der Waals surface area contributed by atoms with Gasteiger partial charge in [0.2, 0.25) is 11.9 Å². The molecular weight excluding hydrogens is 480 g/mol. The van der Waals surface area contributed by atoms with Gasteiger partial charge in [-0.25, -0.2) is 15.0 Å². The van der Waals surface area contributed by atoms with E-state index in [9.17, 15) is 9.59 Å². The highest BCUT2D eigenvalue weighted by atomic mass is 16.5. The van der Waals surface area contributed by atoms with E-state index >= 15 is 0 Å². The number of carbonyl (C=O) groups excluding carboxylic acids is 2. The zero-order valence-electron chi connectivity index (χ0n) is 22.1. The fraction of sp³-hybridized carbons (Fsp3) is 0.414. The van der Waals surface area contributed by atoms with Crippen molar-refractivity contribution in [1.82, 2.24) is 25.2 Å². The van der Waals surface area contributed by atoms with Crippen LogP contribution < -0.4 is 10.6 Å². The van der Waals surface area contributed by atoms with Crippen LogP contribution in [0.2, 0.25) is 0 Å². The first-order chi connectivity index (χ1) is 18.4. The van der Waals surface area contributed by atoms with E-state index in [0.29, 0.717) is 29.6 Å². The average molecular weight is 515 g/mol. The topological polar surface area (TPSA) is 109 Å². The molecule has 3 aromatic rings. The first-order valence-corrected chi connectivity index (χ1v) is 13.3. The highest BCUT2D eigenvalue weighted by Crippen LogP contribution is 2.27. The molecule has 0 bridgehead atoms. The molecule has 38 heavy (non-hydrogen) atoms. The van der Waals surface area contributed by atoms with Crippen LogP contribution in [0.1, 0.15) is 66.3 Å². The number of fused-ring (bicyclic) bond motifs is 1. The van der Waals surface area contributed by atoms with Crippen LogP contribution in [0.25, 0.3) is 11.4 Å². The second-order valence-electron chi connectivity index (χ2n) is 9.99. The number of amides is 2. The summed E-state index contributed by atoms with van der Waals surface area (Å²) in [6.07, 6.45) is 4.26. The Morgan fingerprint density at radius 1 is 1.13 bits per heavy atom. The fourth-order valence-corrected chi connectivity index (χ4v) is 4.98. The number of nitrogens with zero attached hydrogens (tertiary/aromatic N) is 4. The average Bonchev–Trinajstić information content (AvgIpc) is 3.27. The van der Waals surface area contributed by atoms with Crippen molar-refractivity contribution < 1.29 is 14.3 Å². The summed E-state index contributed by atoms with van der Waals surface area (Å²) in [6.45, 7) is 7.64. The molecule has 4 heterocycles. The van der Waals surface area contributed by atoms with Crippen molar-refractivity contribution in [2.24, 2.45) is 0 Å². The Morgan fingerprint density at radius 2 is 1.92 bits per heavy atom. The molecule has 0 radical (unpaired) electrons. The lowest BCUT2D eigenvalue weighted by molar-refractivity contribution is -0.126. The maximum absolute atomic E-state index is 13.4. The highest BCUT2D eigenvalue weighted by Gasteiger charge is 2.36. The molecule has 5 rings (SSSR count). The standard InChI is InChI=1S/C29H34N6O3/c1-4-23(20-7-5-6-18(2)16-20)33-27(36)19(3)35-17-21-8-9-24(32-26(21)28(35)37)25-10-13-30-29(34-25)31-22-11-14-38-15-12-22/h5-10,13,16,19,22-23H,4,11-12,14-15,17H2,1-3H3,(H,33,36)(H,30,31,34)/t19-,23-/m1/s1. The van der Waals surface area contributed by atoms with E-state index < -0.39 is 6.04 Å². The molecule has 2 atom stereocenters. The van der Waals surface area contributed by atoms with E-state index in [1.54, 1.807) is 24.1 Å². The van der Waals surface area contributed by atoms with Crippen molar-refractivity contribution in [2.45, 2.75) is 64.7 Å². The van der Waals surface area contributed by atoms with Gasteiger partial charge in [-0.1, -0.05) is 42.8 Å². The molecule has 0 aliphatic carbocycles. The Kier molecular flexibility index (Phi) is 7.64. The molecule has 198 valence electrons. The van der Waals surface area contributed by atoms with Crippen molar-refractivity contribution in [1.29, 1.82) is 0 Å². The van der Waals surface area contributed by atoms with E-state index in [0.717, 1.165) is 49.2 Å². The number of carbonyl (C=O) groups is 2. The summed E-state index contributed by atoms with van der Waals surface area (Å²) in [5.74, 6) is 0.108. The number of hydrogen-bond acceptors (Lipinski definition) is 7. The lowest BCUT2D eigenvalue weighted by atomic mass is 10.0. The molecule has 2 N–H and O–H groups in total. The van der Waals surface area contributed by atoms with Crippen LogP contribution in [0.4, 0.5) is 5.95 Å². The van der Waals surface area contributed by atoms with Crippen LogP contribution in [0.5, 0.6) is 0 Å². The fourth-order valence-electron chi connectivity index (χ4n) is 4.98. The zero-order valence-corrected chi connectivity index (χ0v) is 22.1. The maximum Gasteiger partial charge on any atom is 0.273 e. The molecule has 0 unspecified atom stereocenters. The first kappa shape index (κ1) is 25.8. The van der Waals surface area contributed by atoms with Crippen molar-refractivity contribution >= 4 is 17.8 Å². The van der Waals surface area contributed by atoms with Gasteiger partial charge in [-0.05, 0) is 50.8 Å². The van der Waals surface area contributed by atoms with Crippen molar-refractivity contribution in [2.75, 3.05) is 18.5 Å². The molecule has 0 saturated carbocycles. The molecule has 9 nitrogen and oxygen atoms in total. The number of anilines is 1. The van der Waals surface area contributed by atoms with Crippen molar-refractivity contribution in [3.8, 4) is 11.4 Å². The summed E-state index contributed by atoms with van der Waals surface area (Å²) in [6, 6.07) is 13.2. The molecule has 1 aromatic carbocycles. The van der Waals surface area contributed by atoms with Gasteiger partial charge < -0.3 is 20.3 Å². The normalized spacial score (nSPS) is 17.1. The molecule has 2 aliphatic rings. The number of nitrogens with one attached hydrogen (secondary N) is 2. The summed E-state index contributed by atoms with van der Waals surface area (Å²) in [5, 5.41) is 6.50. The largest absolute Gasteiger partial charge is 0.381 e. The van der Waals surface area contributed by atoms with Gasteiger partial charge in [0.1, 0.15) is 11.7 Å². The van der Waals surface area contributed by atoms with E-state index in [2.05, 4.69) is 31.7 Å². The molecule has 1 fully saturated rings. The molecule has 2 aromatic heterocycles. The Morgan fingerprint density at radius 3 is 2.68 bits per heavy atom. The minimum Gasteiger partial charge on any atom is -0.381 e. The second kappa shape index (κ2) is 11.3. The maximum atomic E-state index is 13.4. The van der Waals surface area contributed by atoms with Crippen molar-refractivity contribution in [3.05, 3.63) is 71.0 Å². The van der Waals surface area contributed by atoms with Crippen LogP contribution in [0, 0.1) is 6.92 Å². The Bertz CT molecular complexity index is 1320. The number of benzene rings is 1. The number of aromatic nitrogens is 3. The summed E-state index contributed by atoms with van der Waals surface area (Å²) < 4.78 is 5.42. The first-order valence-electron chi connectivity index (χ1n) is 13.3. The molecule has 2 amide bonds. The number of pyridine rings is 1. The predicted molar refractivity (Wildman–Crippen MR) is 144 cm³/mol. The lowest BCUT2D eigenvalue weighted by Gasteiger charge is -2.26. The summed E-state index contributed by atoms with van der Waals surface area (Å²) >= 11 is 0. The molecular formula is C29H34N6O3. The molecule has 0 spiro atoms. The third kappa shape index (κ3) is 5.52. The number of ether oxygens (including phenoxy) is 1. The van der Waals surface area contributed by atoms with Gasteiger partial charge in [0.25, 0.3) is 5.91 Å². The highest BCUT2D eigenvalue weighted by molar-refractivity contribution is 6.00. The van der Waals surface area contributed by atoms with Gasteiger partial charge >= 0.3 is 0 Å². The van der Waals surface area contributed by atoms with Crippen LogP contribution in [-0.2, 0) is 16.1 Å².